The number of nitrogens with zero attached hydrogens (tertiary/aromatic N) is 2. The molecule has 1 unspecified atom stereocenters. The van der Waals surface area contributed by atoms with Crippen LogP contribution < -0.4 is 0 Å². The van der Waals surface area contributed by atoms with Gasteiger partial charge in [0.2, 0.25) is 5.92 Å². The lowest BCUT2D eigenvalue weighted by molar-refractivity contribution is -0.166. The maximum atomic E-state index is 13.6. The third kappa shape index (κ3) is 6.60. The number of halogens is 2. The van der Waals surface area contributed by atoms with Crippen LogP contribution in [0.4, 0.5) is 13.6 Å². The summed E-state index contributed by atoms with van der Waals surface area (Å²) in [4.78, 5) is 38.9. The van der Waals surface area contributed by atoms with Crippen molar-refractivity contribution in [2.75, 3.05) is 13.7 Å². The predicted octanol–water partition coefficient (Wildman–Crippen LogP) is 4.54. The van der Waals surface area contributed by atoms with Crippen LogP contribution in [0, 0.1) is 11.3 Å². The molecule has 1 heterocycles. The molecule has 0 N–H and O–H groups in total. The fourth-order valence-electron chi connectivity index (χ4n) is 4.38. The normalized spacial score (nSPS) is 22.8. The topological polar surface area (TPSA) is 76.2 Å². The van der Waals surface area contributed by atoms with Gasteiger partial charge in [-0.3, -0.25) is 9.59 Å². The minimum Gasteiger partial charge on any atom is -0.468 e. The molecule has 2 rings (SSSR count). The van der Waals surface area contributed by atoms with Crippen molar-refractivity contribution in [2.24, 2.45) is 11.3 Å². The molecule has 178 valence electrons. The molecule has 31 heavy (non-hydrogen) atoms. The van der Waals surface area contributed by atoms with Crippen molar-refractivity contribution in [2.45, 2.75) is 97.1 Å². The Morgan fingerprint density at radius 1 is 1.06 bits per heavy atom. The molecule has 0 aromatic heterocycles. The molecular formula is C22H36F2N2O5. The van der Waals surface area contributed by atoms with Gasteiger partial charge in [0.25, 0.3) is 5.91 Å². The Balaban J connectivity index is 2.26. The van der Waals surface area contributed by atoms with Crippen LogP contribution in [0.3, 0.4) is 0 Å². The van der Waals surface area contributed by atoms with E-state index in [1.807, 2.05) is 0 Å². The number of hydrogen-bond acceptors (Lipinski definition) is 6. The second-order valence-electron chi connectivity index (χ2n) is 10.3. The van der Waals surface area contributed by atoms with Crippen LogP contribution in [0.5, 0.6) is 0 Å². The quantitative estimate of drug-likeness (QED) is 0.577. The number of esters is 1. The van der Waals surface area contributed by atoms with Gasteiger partial charge in [-0.15, -0.1) is 0 Å². The predicted molar refractivity (Wildman–Crippen MR) is 110 cm³/mol. The fourth-order valence-corrected chi connectivity index (χ4v) is 4.38. The first kappa shape index (κ1) is 25.5. The van der Waals surface area contributed by atoms with Crippen molar-refractivity contribution in [3.8, 4) is 0 Å². The summed E-state index contributed by atoms with van der Waals surface area (Å²) < 4.78 is 37.4. The summed E-state index contributed by atoms with van der Waals surface area (Å²) in [5.74, 6) is -3.70. The lowest BCUT2D eigenvalue weighted by atomic mass is 9.75. The summed E-state index contributed by atoms with van der Waals surface area (Å²) >= 11 is 0. The Bertz CT molecular complexity index is 680. The van der Waals surface area contributed by atoms with Crippen molar-refractivity contribution in [1.82, 2.24) is 10.0 Å². The largest absolute Gasteiger partial charge is 0.468 e. The maximum Gasteiger partial charge on any atom is 0.432 e. The van der Waals surface area contributed by atoms with E-state index in [-0.39, 0.29) is 18.8 Å². The smallest absolute Gasteiger partial charge is 0.432 e. The first-order valence-electron chi connectivity index (χ1n) is 11.0. The Labute approximate surface area is 183 Å². The molecule has 0 aromatic rings. The molecule has 1 saturated carbocycles. The van der Waals surface area contributed by atoms with E-state index in [1.54, 1.807) is 34.6 Å². The van der Waals surface area contributed by atoms with Crippen molar-refractivity contribution in [1.29, 1.82) is 0 Å². The first-order chi connectivity index (χ1) is 14.2. The number of carbonyl (C=O) groups excluding carboxylic acids is 3. The van der Waals surface area contributed by atoms with Gasteiger partial charge in [0.1, 0.15) is 11.6 Å². The number of ether oxygens (including phenoxy) is 2. The number of imide groups is 1. The van der Waals surface area contributed by atoms with Crippen LogP contribution in [0.15, 0.2) is 0 Å². The van der Waals surface area contributed by atoms with Gasteiger partial charge in [-0.05, 0) is 58.8 Å². The zero-order valence-corrected chi connectivity index (χ0v) is 19.5. The van der Waals surface area contributed by atoms with Crippen molar-refractivity contribution < 1.29 is 32.6 Å². The van der Waals surface area contributed by atoms with Crippen LogP contribution in [0.2, 0.25) is 0 Å². The summed E-state index contributed by atoms with van der Waals surface area (Å²) in [5, 5.41) is 2.37. The molecule has 0 radical (unpaired) electrons. The van der Waals surface area contributed by atoms with E-state index in [0.717, 1.165) is 5.01 Å². The highest BCUT2D eigenvalue weighted by Gasteiger charge is 2.47. The standard InChI is InChI=1S/C22H36F2N2O5/c1-20(2,3)31-19(29)26(25-13-7-8-16(25)17(27)30-6)18(28)21(4,5)14-15-9-11-22(23,24)12-10-15/h15-16H,7-14H2,1-6H3. The highest BCUT2D eigenvalue weighted by Crippen LogP contribution is 2.42. The fraction of sp³-hybridized carbons (Fsp3) is 0.864. The molecule has 1 aliphatic heterocycles. The summed E-state index contributed by atoms with van der Waals surface area (Å²) in [5.41, 5.74) is -1.84. The summed E-state index contributed by atoms with van der Waals surface area (Å²) in [6.45, 7) is 8.84. The lowest BCUT2D eigenvalue weighted by Crippen LogP contribution is -2.58. The molecule has 0 spiro atoms. The van der Waals surface area contributed by atoms with Gasteiger partial charge in [-0.25, -0.2) is 13.6 Å². The number of alkyl halides is 2. The van der Waals surface area contributed by atoms with Crippen LogP contribution in [0.25, 0.3) is 0 Å². The second-order valence-corrected chi connectivity index (χ2v) is 10.3. The van der Waals surface area contributed by atoms with Crippen molar-refractivity contribution >= 4 is 18.0 Å². The SMILES string of the molecule is COC(=O)C1CCCN1N(C(=O)OC(C)(C)C)C(=O)C(C)(C)CC1CCC(F)(F)CC1. The molecule has 1 saturated heterocycles. The number of amides is 2. The number of rotatable bonds is 5. The number of carbonyl (C=O) groups is 3. The Morgan fingerprint density at radius 3 is 2.16 bits per heavy atom. The summed E-state index contributed by atoms with van der Waals surface area (Å²) in [6.07, 6.45) is 0.897. The van der Waals surface area contributed by atoms with Crippen LogP contribution in [0.1, 0.15) is 79.6 Å². The average Bonchev–Trinajstić information content (AvgIpc) is 3.10. The Hall–Kier alpha value is -1.77. The molecule has 2 fully saturated rings. The molecule has 0 aromatic carbocycles. The summed E-state index contributed by atoms with van der Waals surface area (Å²) in [7, 11) is 1.27. The van der Waals surface area contributed by atoms with Crippen molar-refractivity contribution in [3.05, 3.63) is 0 Å². The van der Waals surface area contributed by atoms with Gasteiger partial charge in [0.05, 0.1) is 7.11 Å². The molecule has 2 aliphatic rings. The first-order valence-corrected chi connectivity index (χ1v) is 11.0. The molecule has 7 nitrogen and oxygen atoms in total. The van der Waals surface area contributed by atoms with Crippen LogP contribution >= 0.6 is 0 Å². The molecule has 1 atom stereocenters. The second kappa shape index (κ2) is 9.38. The number of hydrogen-bond donors (Lipinski definition) is 0. The van der Waals surface area contributed by atoms with Gasteiger partial charge in [0.15, 0.2) is 0 Å². The lowest BCUT2D eigenvalue weighted by Gasteiger charge is -2.40. The Kier molecular flexibility index (Phi) is 7.72. The zero-order chi connectivity index (χ0) is 23.6. The van der Waals surface area contributed by atoms with Crippen LogP contribution in [-0.2, 0) is 19.1 Å². The van der Waals surface area contributed by atoms with E-state index in [9.17, 15) is 23.2 Å². The van der Waals surface area contributed by atoms with E-state index >= 15 is 0 Å². The van der Waals surface area contributed by atoms with Crippen molar-refractivity contribution in [3.63, 3.8) is 0 Å². The number of hydrazine groups is 1. The molecular weight excluding hydrogens is 410 g/mol. The van der Waals surface area contributed by atoms with Gasteiger partial charge in [-0.1, -0.05) is 13.8 Å². The van der Waals surface area contributed by atoms with Gasteiger partial charge in [0, 0.05) is 24.8 Å². The minimum atomic E-state index is -2.64. The van der Waals surface area contributed by atoms with E-state index in [4.69, 9.17) is 9.47 Å². The van der Waals surface area contributed by atoms with Gasteiger partial charge < -0.3 is 9.47 Å². The highest BCUT2D eigenvalue weighted by molar-refractivity contribution is 5.95. The molecule has 0 bridgehead atoms. The Morgan fingerprint density at radius 2 is 1.65 bits per heavy atom. The van der Waals surface area contributed by atoms with E-state index in [0.29, 0.717) is 38.6 Å². The maximum absolute atomic E-state index is 13.6. The molecule has 9 heteroatoms. The third-order valence-electron chi connectivity index (χ3n) is 5.93. The average molecular weight is 447 g/mol. The monoisotopic (exact) mass is 446 g/mol. The van der Waals surface area contributed by atoms with Gasteiger partial charge in [-0.2, -0.15) is 10.0 Å². The van der Waals surface area contributed by atoms with Gasteiger partial charge >= 0.3 is 12.1 Å². The van der Waals surface area contributed by atoms with E-state index in [1.165, 1.54) is 12.1 Å². The van der Waals surface area contributed by atoms with E-state index in [2.05, 4.69) is 0 Å². The molecule has 1 aliphatic carbocycles. The molecule has 2 amide bonds. The summed E-state index contributed by atoms with van der Waals surface area (Å²) in [6, 6.07) is -0.759. The zero-order valence-electron chi connectivity index (χ0n) is 19.5. The number of methoxy groups -OCH3 is 1. The third-order valence-corrected chi connectivity index (χ3v) is 5.93. The minimum absolute atomic E-state index is 0.0333. The van der Waals surface area contributed by atoms with E-state index < -0.39 is 41.0 Å². The highest BCUT2D eigenvalue weighted by atomic mass is 19.3. The van der Waals surface area contributed by atoms with Crippen LogP contribution in [-0.4, -0.2) is 59.2 Å².